The number of nitrogens with zero attached hydrogens (tertiary/aromatic N) is 1. The first kappa shape index (κ1) is 20.2. The quantitative estimate of drug-likeness (QED) is 0.286. The zero-order valence-corrected chi connectivity index (χ0v) is 16.2. The Bertz CT molecular complexity index is 506. The summed E-state index contributed by atoms with van der Waals surface area (Å²) >= 11 is 0. The molecule has 0 heterocycles. The lowest BCUT2D eigenvalue weighted by Crippen LogP contribution is -2.38. The Hall–Kier alpha value is -0.890. The van der Waals surface area contributed by atoms with E-state index in [9.17, 15) is 4.39 Å². The van der Waals surface area contributed by atoms with Gasteiger partial charge in [-0.25, -0.2) is 4.39 Å². The van der Waals surface area contributed by atoms with Crippen molar-refractivity contribution in [3.05, 3.63) is 35.6 Å². The number of ether oxygens (including phenoxy) is 1. The third-order valence-corrected chi connectivity index (χ3v) is 4.00. The van der Waals surface area contributed by atoms with Crippen LogP contribution in [0.15, 0.2) is 29.3 Å². The number of aliphatic imine (C=N–C) groups is 1. The zero-order valence-electron chi connectivity index (χ0n) is 13.9. The maximum atomic E-state index is 14.0. The number of rotatable bonds is 8. The van der Waals surface area contributed by atoms with E-state index in [4.69, 9.17) is 4.74 Å². The summed E-state index contributed by atoms with van der Waals surface area (Å²) in [6.07, 6.45) is 2.93. The molecule has 0 radical (unpaired) electrons. The van der Waals surface area contributed by atoms with Gasteiger partial charge in [-0.05, 0) is 37.8 Å². The molecular weight excluding hydrogens is 408 g/mol. The molecule has 1 saturated carbocycles. The van der Waals surface area contributed by atoms with E-state index in [0.717, 1.165) is 50.5 Å². The van der Waals surface area contributed by atoms with Gasteiger partial charge in [0.05, 0.1) is 6.54 Å². The number of hydrogen-bond donors (Lipinski definition) is 2. The summed E-state index contributed by atoms with van der Waals surface area (Å²) in [6, 6.07) is 7.06. The summed E-state index contributed by atoms with van der Waals surface area (Å²) in [5.41, 5.74) is 0.689. The molecule has 1 aliphatic carbocycles. The minimum absolute atomic E-state index is 0. The molecule has 0 spiro atoms. The van der Waals surface area contributed by atoms with Gasteiger partial charge in [0.1, 0.15) is 5.82 Å². The minimum atomic E-state index is -0.117. The molecule has 2 N–H and O–H groups in total. The fourth-order valence-electron chi connectivity index (χ4n) is 2.55. The summed E-state index contributed by atoms with van der Waals surface area (Å²) in [6.45, 7) is 5.00. The number of hydrogen-bond acceptors (Lipinski definition) is 2. The number of guanidine groups is 1. The maximum Gasteiger partial charge on any atom is 0.191 e. The van der Waals surface area contributed by atoms with Crippen LogP contribution in [0.25, 0.3) is 0 Å². The van der Waals surface area contributed by atoms with E-state index >= 15 is 0 Å². The van der Waals surface area contributed by atoms with E-state index in [2.05, 4.69) is 15.6 Å². The summed E-state index contributed by atoms with van der Waals surface area (Å²) in [5, 5.41) is 6.52. The Balaban J connectivity index is 0.00000264. The normalized spacial score (nSPS) is 15.7. The molecule has 4 nitrogen and oxygen atoms in total. The molecule has 1 aliphatic rings. The summed E-state index contributed by atoms with van der Waals surface area (Å²) in [5.74, 6) is 0.675. The van der Waals surface area contributed by atoms with Crippen LogP contribution in [0.2, 0.25) is 0 Å². The fourth-order valence-corrected chi connectivity index (χ4v) is 2.55. The SMILES string of the molecule is CCNC(=NCC1(c2ccccc2F)CC1)NCCCOC.I. The second-order valence-corrected chi connectivity index (χ2v) is 5.73. The van der Waals surface area contributed by atoms with Gasteiger partial charge >= 0.3 is 0 Å². The number of nitrogens with one attached hydrogen (secondary N) is 2. The Morgan fingerprint density at radius 3 is 2.65 bits per heavy atom. The van der Waals surface area contributed by atoms with E-state index in [1.54, 1.807) is 13.2 Å². The highest BCUT2D eigenvalue weighted by molar-refractivity contribution is 14.0. The van der Waals surface area contributed by atoms with Crippen LogP contribution in [0.4, 0.5) is 4.39 Å². The minimum Gasteiger partial charge on any atom is -0.385 e. The summed E-state index contributed by atoms with van der Waals surface area (Å²) in [7, 11) is 1.70. The number of benzene rings is 1. The van der Waals surface area contributed by atoms with Crippen molar-refractivity contribution in [1.82, 2.24) is 10.6 Å². The summed E-state index contributed by atoms with van der Waals surface area (Å²) < 4.78 is 19.0. The Kier molecular flexibility index (Phi) is 8.83. The third-order valence-electron chi connectivity index (χ3n) is 4.00. The first-order chi connectivity index (χ1) is 10.7. The lowest BCUT2D eigenvalue weighted by Gasteiger charge is -2.16. The van der Waals surface area contributed by atoms with Gasteiger partial charge in [-0.2, -0.15) is 0 Å². The van der Waals surface area contributed by atoms with Crippen LogP contribution < -0.4 is 10.6 Å². The number of methoxy groups -OCH3 is 1. The van der Waals surface area contributed by atoms with Crippen molar-refractivity contribution >= 4 is 29.9 Å². The second kappa shape index (κ2) is 10.1. The van der Waals surface area contributed by atoms with E-state index in [-0.39, 0.29) is 35.2 Å². The fraction of sp³-hybridized carbons (Fsp3) is 0.588. The average Bonchev–Trinajstić information content (AvgIpc) is 3.30. The van der Waals surface area contributed by atoms with Crippen LogP contribution in [0.3, 0.4) is 0 Å². The van der Waals surface area contributed by atoms with Gasteiger partial charge in [0.25, 0.3) is 0 Å². The molecule has 0 saturated heterocycles. The second-order valence-electron chi connectivity index (χ2n) is 5.73. The van der Waals surface area contributed by atoms with Crippen molar-refractivity contribution in [2.45, 2.75) is 31.6 Å². The largest absolute Gasteiger partial charge is 0.385 e. The van der Waals surface area contributed by atoms with Gasteiger partial charge in [-0.1, -0.05) is 18.2 Å². The van der Waals surface area contributed by atoms with Gasteiger partial charge < -0.3 is 15.4 Å². The monoisotopic (exact) mass is 435 g/mol. The molecule has 6 heteroatoms. The zero-order chi connectivity index (χ0) is 15.8. The third kappa shape index (κ3) is 5.91. The van der Waals surface area contributed by atoms with Crippen molar-refractivity contribution in [3.63, 3.8) is 0 Å². The predicted molar refractivity (Wildman–Crippen MR) is 103 cm³/mol. The molecule has 1 aromatic rings. The highest BCUT2D eigenvalue weighted by atomic mass is 127. The molecular formula is C17H27FIN3O. The Labute approximate surface area is 155 Å². The van der Waals surface area contributed by atoms with Gasteiger partial charge in [0, 0.05) is 32.2 Å². The van der Waals surface area contributed by atoms with Crippen molar-refractivity contribution in [3.8, 4) is 0 Å². The van der Waals surface area contributed by atoms with Gasteiger partial charge in [-0.3, -0.25) is 4.99 Å². The standard InChI is InChI=1S/C17H26FN3O.HI/c1-3-19-16(20-11-6-12-22-2)21-13-17(9-10-17)14-7-4-5-8-15(14)18;/h4-5,7-8H,3,6,9-13H2,1-2H3,(H2,19,20,21);1H. The maximum absolute atomic E-state index is 14.0. The van der Waals surface area contributed by atoms with Crippen molar-refractivity contribution in [2.75, 3.05) is 33.4 Å². The topological polar surface area (TPSA) is 45.7 Å². The van der Waals surface area contributed by atoms with Gasteiger partial charge in [-0.15, -0.1) is 24.0 Å². The lowest BCUT2D eigenvalue weighted by molar-refractivity contribution is 0.195. The van der Waals surface area contributed by atoms with Gasteiger partial charge in [0.2, 0.25) is 0 Å². The van der Waals surface area contributed by atoms with Crippen molar-refractivity contribution in [1.29, 1.82) is 0 Å². The van der Waals surface area contributed by atoms with Gasteiger partial charge in [0.15, 0.2) is 5.96 Å². The first-order valence-electron chi connectivity index (χ1n) is 7.98. The molecule has 1 aromatic carbocycles. The Morgan fingerprint density at radius 2 is 2.04 bits per heavy atom. The summed E-state index contributed by atoms with van der Waals surface area (Å²) in [4.78, 5) is 4.65. The molecule has 0 unspecified atom stereocenters. The van der Waals surface area contributed by atoms with Crippen LogP contribution in [-0.2, 0) is 10.2 Å². The van der Waals surface area contributed by atoms with Crippen molar-refractivity contribution in [2.24, 2.45) is 4.99 Å². The average molecular weight is 435 g/mol. The highest BCUT2D eigenvalue weighted by Gasteiger charge is 2.45. The molecule has 0 bridgehead atoms. The Morgan fingerprint density at radius 1 is 1.30 bits per heavy atom. The molecule has 1 fully saturated rings. The molecule has 0 amide bonds. The van der Waals surface area contributed by atoms with Crippen molar-refractivity contribution < 1.29 is 9.13 Å². The van der Waals surface area contributed by atoms with Crippen LogP contribution in [0.1, 0.15) is 31.7 Å². The van der Waals surface area contributed by atoms with E-state index in [1.807, 2.05) is 19.1 Å². The molecule has 0 aromatic heterocycles. The molecule has 0 aliphatic heterocycles. The lowest BCUT2D eigenvalue weighted by atomic mass is 9.95. The number of halogens is 2. The predicted octanol–water partition coefficient (Wildman–Crippen LogP) is 3.07. The molecule has 2 rings (SSSR count). The van der Waals surface area contributed by atoms with Crippen LogP contribution in [0.5, 0.6) is 0 Å². The van der Waals surface area contributed by atoms with E-state index in [0.29, 0.717) is 6.54 Å². The molecule has 0 atom stereocenters. The highest BCUT2D eigenvalue weighted by Crippen LogP contribution is 2.49. The van der Waals surface area contributed by atoms with Crippen LogP contribution in [-0.4, -0.2) is 39.3 Å². The molecule has 23 heavy (non-hydrogen) atoms. The van der Waals surface area contributed by atoms with E-state index in [1.165, 1.54) is 6.07 Å². The molecule has 130 valence electrons. The van der Waals surface area contributed by atoms with Crippen LogP contribution >= 0.6 is 24.0 Å². The van der Waals surface area contributed by atoms with E-state index < -0.39 is 0 Å². The first-order valence-corrected chi connectivity index (χ1v) is 7.98. The van der Waals surface area contributed by atoms with Crippen LogP contribution in [0, 0.1) is 5.82 Å². The smallest absolute Gasteiger partial charge is 0.191 e.